The number of methoxy groups -OCH3 is 1. The van der Waals surface area contributed by atoms with Crippen LogP contribution in [0, 0.1) is 13.8 Å². The number of rotatable bonds is 4. The molecule has 0 amide bonds. The molecule has 0 aliphatic rings. The first-order valence-electron chi connectivity index (χ1n) is 5.54. The lowest BCUT2D eigenvalue weighted by atomic mass is 9.90. The molecule has 0 fully saturated rings. The summed E-state index contributed by atoms with van der Waals surface area (Å²) < 4.78 is 4.64. The summed E-state index contributed by atoms with van der Waals surface area (Å²) in [5.41, 5.74) is 8.06. The van der Waals surface area contributed by atoms with Gasteiger partial charge in [-0.1, -0.05) is 0 Å². The SMILES string of the molecule is COC(=O)c1cc(C)c(C)c(C(CN)C(=O)O)c1. The van der Waals surface area contributed by atoms with Crippen LogP contribution in [0.1, 0.15) is 33.0 Å². The minimum atomic E-state index is -0.998. The molecular formula is C13H17NO4. The van der Waals surface area contributed by atoms with Crippen molar-refractivity contribution in [1.29, 1.82) is 0 Å². The molecule has 3 N–H and O–H groups in total. The monoisotopic (exact) mass is 251 g/mol. The minimum Gasteiger partial charge on any atom is -0.481 e. The van der Waals surface area contributed by atoms with Crippen molar-refractivity contribution >= 4 is 11.9 Å². The van der Waals surface area contributed by atoms with Gasteiger partial charge in [0.15, 0.2) is 0 Å². The number of hydrogen-bond donors (Lipinski definition) is 2. The Balaban J connectivity index is 3.38. The van der Waals surface area contributed by atoms with Crippen molar-refractivity contribution in [3.63, 3.8) is 0 Å². The van der Waals surface area contributed by atoms with Crippen molar-refractivity contribution in [3.8, 4) is 0 Å². The highest BCUT2D eigenvalue weighted by molar-refractivity contribution is 5.90. The first-order chi connectivity index (χ1) is 8.42. The zero-order chi connectivity index (χ0) is 13.9. The largest absolute Gasteiger partial charge is 0.481 e. The lowest BCUT2D eigenvalue weighted by Crippen LogP contribution is -2.22. The Morgan fingerprint density at radius 1 is 1.39 bits per heavy atom. The molecule has 18 heavy (non-hydrogen) atoms. The normalized spacial score (nSPS) is 12.0. The molecule has 0 saturated carbocycles. The Morgan fingerprint density at radius 3 is 2.44 bits per heavy atom. The minimum absolute atomic E-state index is 0.0137. The summed E-state index contributed by atoms with van der Waals surface area (Å²) >= 11 is 0. The van der Waals surface area contributed by atoms with Crippen molar-refractivity contribution in [2.45, 2.75) is 19.8 Å². The first-order valence-corrected chi connectivity index (χ1v) is 5.54. The van der Waals surface area contributed by atoms with E-state index in [1.54, 1.807) is 12.1 Å². The number of esters is 1. The third-order valence-electron chi connectivity index (χ3n) is 3.04. The van der Waals surface area contributed by atoms with Crippen LogP contribution < -0.4 is 5.73 Å². The average Bonchev–Trinajstić information content (AvgIpc) is 2.33. The zero-order valence-corrected chi connectivity index (χ0v) is 10.7. The van der Waals surface area contributed by atoms with E-state index in [0.717, 1.165) is 11.1 Å². The Bertz CT molecular complexity index is 482. The van der Waals surface area contributed by atoms with Crippen molar-refractivity contribution in [2.24, 2.45) is 5.73 Å². The molecule has 0 aromatic heterocycles. The van der Waals surface area contributed by atoms with Gasteiger partial charge in [0.25, 0.3) is 0 Å². The van der Waals surface area contributed by atoms with E-state index in [4.69, 9.17) is 10.8 Å². The maximum absolute atomic E-state index is 11.5. The highest BCUT2D eigenvalue weighted by Crippen LogP contribution is 2.24. The molecule has 0 aliphatic heterocycles. The van der Waals surface area contributed by atoms with E-state index >= 15 is 0 Å². The van der Waals surface area contributed by atoms with Crippen molar-refractivity contribution < 1.29 is 19.4 Å². The zero-order valence-electron chi connectivity index (χ0n) is 10.7. The fourth-order valence-electron chi connectivity index (χ4n) is 1.85. The number of nitrogens with two attached hydrogens (primary N) is 1. The van der Waals surface area contributed by atoms with E-state index < -0.39 is 17.9 Å². The smallest absolute Gasteiger partial charge is 0.337 e. The molecule has 1 aromatic rings. The topological polar surface area (TPSA) is 89.6 Å². The number of hydrogen-bond acceptors (Lipinski definition) is 4. The fraction of sp³-hybridized carbons (Fsp3) is 0.385. The van der Waals surface area contributed by atoms with Gasteiger partial charge in [-0.15, -0.1) is 0 Å². The molecule has 5 nitrogen and oxygen atoms in total. The van der Waals surface area contributed by atoms with Crippen LogP contribution in [0.2, 0.25) is 0 Å². The molecule has 5 heteroatoms. The lowest BCUT2D eigenvalue weighted by Gasteiger charge is -2.16. The summed E-state index contributed by atoms with van der Waals surface area (Å²) in [6.45, 7) is 3.62. The van der Waals surface area contributed by atoms with Crippen LogP contribution in [0.3, 0.4) is 0 Å². The van der Waals surface area contributed by atoms with Crippen molar-refractivity contribution in [3.05, 3.63) is 34.4 Å². The number of ether oxygens (including phenoxy) is 1. The van der Waals surface area contributed by atoms with Gasteiger partial charge in [0.05, 0.1) is 18.6 Å². The first kappa shape index (κ1) is 14.2. The van der Waals surface area contributed by atoms with Crippen LogP contribution in [0.25, 0.3) is 0 Å². The van der Waals surface area contributed by atoms with Gasteiger partial charge in [-0.25, -0.2) is 4.79 Å². The molecule has 0 aliphatic carbocycles. The summed E-state index contributed by atoms with van der Waals surface area (Å²) in [6.07, 6.45) is 0. The molecule has 1 rings (SSSR count). The van der Waals surface area contributed by atoms with Crippen molar-refractivity contribution in [1.82, 2.24) is 0 Å². The van der Waals surface area contributed by atoms with Gasteiger partial charge in [-0.3, -0.25) is 4.79 Å². The molecule has 1 unspecified atom stereocenters. The summed E-state index contributed by atoms with van der Waals surface area (Å²) in [5.74, 6) is -2.30. The number of aryl methyl sites for hydroxylation is 1. The van der Waals surface area contributed by atoms with Crippen LogP contribution >= 0.6 is 0 Å². The molecular weight excluding hydrogens is 234 g/mol. The highest BCUT2D eigenvalue weighted by Gasteiger charge is 2.22. The molecule has 1 aromatic carbocycles. The fourth-order valence-corrected chi connectivity index (χ4v) is 1.85. The second-order valence-electron chi connectivity index (χ2n) is 4.13. The highest BCUT2D eigenvalue weighted by atomic mass is 16.5. The van der Waals surface area contributed by atoms with Gasteiger partial charge in [0.1, 0.15) is 0 Å². The van der Waals surface area contributed by atoms with E-state index in [2.05, 4.69) is 4.74 Å². The Morgan fingerprint density at radius 2 is 2.00 bits per heavy atom. The Hall–Kier alpha value is -1.88. The van der Waals surface area contributed by atoms with Crippen LogP contribution in [0.4, 0.5) is 0 Å². The summed E-state index contributed by atoms with van der Waals surface area (Å²) in [5, 5.41) is 9.13. The molecule has 0 bridgehead atoms. The second kappa shape index (κ2) is 5.64. The number of aliphatic carboxylic acids is 1. The van der Waals surface area contributed by atoms with Crippen LogP contribution in [0.15, 0.2) is 12.1 Å². The maximum Gasteiger partial charge on any atom is 0.337 e. The second-order valence-corrected chi connectivity index (χ2v) is 4.13. The molecule has 0 saturated heterocycles. The average molecular weight is 251 g/mol. The predicted octanol–water partition coefficient (Wildman–Crippen LogP) is 1.22. The van der Waals surface area contributed by atoms with Crippen LogP contribution in [-0.4, -0.2) is 30.7 Å². The van der Waals surface area contributed by atoms with Crippen LogP contribution in [0.5, 0.6) is 0 Å². The van der Waals surface area contributed by atoms with Gasteiger partial charge >= 0.3 is 11.9 Å². The van der Waals surface area contributed by atoms with Crippen LogP contribution in [-0.2, 0) is 9.53 Å². The van der Waals surface area contributed by atoms with Gasteiger partial charge in [0.2, 0.25) is 0 Å². The number of benzene rings is 1. The number of carbonyl (C=O) groups excluding carboxylic acids is 1. The van der Waals surface area contributed by atoms with Gasteiger partial charge in [-0.05, 0) is 42.7 Å². The maximum atomic E-state index is 11.5. The lowest BCUT2D eigenvalue weighted by molar-refractivity contribution is -0.138. The van der Waals surface area contributed by atoms with E-state index in [1.165, 1.54) is 7.11 Å². The quantitative estimate of drug-likeness (QED) is 0.785. The Kier molecular flexibility index (Phi) is 4.44. The number of carboxylic acid groups (broad SMARTS) is 1. The number of carbonyl (C=O) groups is 2. The van der Waals surface area contributed by atoms with E-state index in [1.807, 2.05) is 13.8 Å². The molecule has 0 radical (unpaired) electrons. The summed E-state index contributed by atoms with van der Waals surface area (Å²) in [7, 11) is 1.29. The van der Waals surface area contributed by atoms with Gasteiger partial charge < -0.3 is 15.6 Å². The van der Waals surface area contributed by atoms with Crippen molar-refractivity contribution in [2.75, 3.05) is 13.7 Å². The van der Waals surface area contributed by atoms with E-state index in [-0.39, 0.29) is 6.54 Å². The third-order valence-corrected chi connectivity index (χ3v) is 3.04. The third kappa shape index (κ3) is 2.68. The molecule has 0 spiro atoms. The van der Waals surface area contributed by atoms with E-state index in [0.29, 0.717) is 11.1 Å². The summed E-state index contributed by atoms with van der Waals surface area (Å²) in [4.78, 5) is 22.7. The number of carboxylic acids is 1. The predicted molar refractivity (Wildman–Crippen MR) is 66.7 cm³/mol. The molecule has 0 heterocycles. The van der Waals surface area contributed by atoms with Gasteiger partial charge in [0, 0.05) is 6.54 Å². The molecule has 98 valence electrons. The van der Waals surface area contributed by atoms with E-state index in [9.17, 15) is 9.59 Å². The standard InChI is InChI=1S/C13H17NO4/c1-7-4-9(13(17)18-3)5-10(8(7)2)11(6-14)12(15)16/h4-5,11H,6,14H2,1-3H3,(H,15,16). The van der Waals surface area contributed by atoms with Gasteiger partial charge in [-0.2, -0.15) is 0 Å². The summed E-state index contributed by atoms with van der Waals surface area (Å²) in [6, 6.07) is 3.22. The Labute approximate surface area is 106 Å². The molecule has 1 atom stereocenters.